The number of sulfonamides is 1. The zero-order valence-electron chi connectivity index (χ0n) is 24.0. The number of ether oxygens (including phenoxy) is 1. The van der Waals surface area contributed by atoms with Crippen LogP contribution >= 0.6 is 0 Å². The van der Waals surface area contributed by atoms with Gasteiger partial charge in [-0.05, 0) is 36.4 Å². The third-order valence-electron chi connectivity index (χ3n) is 8.21. The largest absolute Gasteiger partial charge is 0.434 e. The monoisotopic (exact) mass is 633 g/mol. The van der Waals surface area contributed by atoms with Gasteiger partial charge in [-0.25, -0.2) is 8.42 Å². The van der Waals surface area contributed by atoms with E-state index in [0.717, 1.165) is 9.69 Å². The first-order valence-electron chi connectivity index (χ1n) is 14.5. The molecule has 2 fully saturated rings. The molecule has 14 heteroatoms. The average molecular weight is 634 g/mol. The molecule has 45 heavy (non-hydrogen) atoms. The minimum atomic E-state index is -4.07. The number of nitrogens with one attached hydrogen (secondary N) is 2. The summed E-state index contributed by atoms with van der Waals surface area (Å²) in [5.74, 6) is -2.63. The number of benzene rings is 2. The number of piperazine rings is 1. The number of rotatable bonds is 6. The summed E-state index contributed by atoms with van der Waals surface area (Å²) in [6.45, 7) is -0.492. The van der Waals surface area contributed by atoms with Crippen LogP contribution in [0, 0.1) is 0 Å². The van der Waals surface area contributed by atoms with Crippen LogP contribution in [0.15, 0.2) is 83.9 Å². The Bertz CT molecular complexity index is 1780. The van der Waals surface area contributed by atoms with Crippen molar-refractivity contribution < 1.29 is 37.4 Å². The maximum Gasteiger partial charge on any atom is 0.310 e. The highest BCUT2D eigenvalue weighted by atomic mass is 32.2. The van der Waals surface area contributed by atoms with E-state index in [2.05, 4.69) is 15.6 Å². The summed E-state index contributed by atoms with van der Waals surface area (Å²) in [6.07, 6.45) is 3.54. The number of aliphatic hydroxyl groups excluding tert-OH is 1. The molecule has 4 heterocycles. The molecule has 5 atom stereocenters. The van der Waals surface area contributed by atoms with Gasteiger partial charge >= 0.3 is 5.97 Å². The Balaban J connectivity index is 1.32. The Kier molecular flexibility index (Phi) is 8.36. The number of nitrogens with zero attached hydrogens (tertiary/aromatic N) is 3. The zero-order chi connectivity index (χ0) is 31.7. The normalized spacial score (nSPS) is 26.3. The van der Waals surface area contributed by atoms with Crippen molar-refractivity contribution in [2.75, 3.05) is 13.1 Å². The van der Waals surface area contributed by atoms with Gasteiger partial charge in [0.2, 0.25) is 28.1 Å². The van der Waals surface area contributed by atoms with Gasteiger partial charge in [0.1, 0.15) is 23.8 Å². The summed E-state index contributed by atoms with van der Waals surface area (Å²) >= 11 is 0. The van der Waals surface area contributed by atoms with Crippen LogP contribution in [0.1, 0.15) is 29.8 Å². The van der Waals surface area contributed by atoms with Crippen LogP contribution in [-0.4, -0.2) is 95.0 Å². The number of carbonyl (C=O) groups is 4. The summed E-state index contributed by atoms with van der Waals surface area (Å²) in [4.78, 5) is 58.8. The second kappa shape index (κ2) is 12.4. The first-order chi connectivity index (χ1) is 21.6. The maximum absolute atomic E-state index is 14.2. The van der Waals surface area contributed by atoms with Crippen LogP contribution in [0.4, 0.5) is 0 Å². The lowest BCUT2D eigenvalue weighted by atomic mass is 9.97. The topological polar surface area (TPSA) is 175 Å². The Morgan fingerprint density at radius 2 is 1.67 bits per heavy atom. The van der Waals surface area contributed by atoms with E-state index < -0.39 is 70.7 Å². The lowest BCUT2D eigenvalue weighted by Gasteiger charge is -2.47. The van der Waals surface area contributed by atoms with E-state index in [0.29, 0.717) is 5.39 Å². The Labute approximate surface area is 258 Å². The second-order valence-electron chi connectivity index (χ2n) is 11.1. The van der Waals surface area contributed by atoms with E-state index >= 15 is 0 Å². The number of cyclic esters (lactones) is 1. The van der Waals surface area contributed by atoms with Crippen LogP contribution in [0.25, 0.3) is 10.8 Å². The van der Waals surface area contributed by atoms with E-state index in [4.69, 9.17) is 4.74 Å². The van der Waals surface area contributed by atoms with Crippen molar-refractivity contribution >= 4 is 44.5 Å². The Morgan fingerprint density at radius 3 is 2.42 bits per heavy atom. The van der Waals surface area contributed by atoms with Gasteiger partial charge in [0.15, 0.2) is 0 Å². The SMILES string of the molecule is O=C1CC(NC(=O)[C@@H]2CN(S(=O)(=O)c3ccccc3)C[C@@H]3C/C=C\C[C@H](NC(=O)c4nccc5ccccc45)C(=O)N32)C(O)O1. The average Bonchev–Trinajstić information content (AvgIpc) is 3.36. The van der Waals surface area contributed by atoms with Gasteiger partial charge in [0.25, 0.3) is 5.91 Å². The molecular weight excluding hydrogens is 602 g/mol. The third-order valence-corrected chi connectivity index (χ3v) is 10.1. The smallest absolute Gasteiger partial charge is 0.310 e. The third kappa shape index (κ3) is 6.03. The second-order valence-corrected chi connectivity index (χ2v) is 13.0. The number of pyridine rings is 1. The van der Waals surface area contributed by atoms with Crippen LogP contribution < -0.4 is 10.6 Å². The molecule has 3 N–H and O–H groups in total. The molecule has 3 aromatic rings. The molecule has 2 aromatic carbocycles. The number of aliphatic hydroxyl groups is 1. The van der Waals surface area contributed by atoms with Crippen molar-refractivity contribution in [3.05, 3.63) is 84.7 Å². The molecule has 0 radical (unpaired) electrons. The molecule has 1 aromatic heterocycles. The maximum atomic E-state index is 14.2. The van der Waals surface area contributed by atoms with Crippen molar-refractivity contribution in [1.82, 2.24) is 24.8 Å². The van der Waals surface area contributed by atoms with Gasteiger partial charge in [-0.3, -0.25) is 24.2 Å². The molecule has 6 rings (SSSR count). The minimum absolute atomic E-state index is 0.0308. The first-order valence-corrected chi connectivity index (χ1v) is 15.9. The van der Waals surface area contributed by atoms with Crippen molar-refractivity contribution in [1.29, 1.82) is 0 Å². The Morgan fingerprint density at radius 1 is 0.933 bits per heavy atom. The number of fused-ring (bicyclic) bond motifs is 2. The van der Waals surface area contributed by atoms with E-state index in [1.807, 2.05) is 12.1 Å². The molecule has 0 spiro atoms. The van der Waals surface area contributed by atoms with Crippen LogP contribution in [0.3, 0.4) is 0 Å². The minimum Gasteiger partial charge on any atom is -0.434 e. The zero-order valence-corrected chi connectivity index (χ0v) is 24.8. The molecular formula is C31H31N5O8S. The van der Waals surface area contributed by atoms with Crippen molar-refractivity contribution in [2.45, 2.75) is 54.6 Å². The van der Waals surface area contributed by atoms with Gasteiger partial charge in [-0.1, -0.05) is 54.6 Å². The fourth-order valence-corrected chi connectivity index (χ4v) is 7.47. The number of esters is 1. The fourth-order valence-electron chi connectivity index (χ4n) is 5.96. The van der Waals surface area contributed by atoms with E-state index in [1.54, 1.807) is 48.6 Å². The Hall–Kier alpha value is -4.66. The lowest BCUT2D eigenvalue weighted by Crippen LogP contribution is -2.68. The summed E-state index contributed by atoms with van der Waals surface area (Å²) in [5, 5.41) is 16.9. The van der Waals surface area contributed by atoms with E-state index in [-0.39, 0.29) is 36.4 Å². The molecule has 234 valence electrons. The van der Waals surface area contributed by atoms with Gasteiger partial charge in [0, 0.05) is 30.7 Å². The van der Waals surface area contributed by atoms with E-state index in [9.17, 15) is 32.7 Å². The highest BCUT2D eigenvalue weighted by molar-refractivity contribution is 7.89. The standard InChI is InChI=1S/C31H31N5O8S/c37-26-16-24(31(41)44-26)34-28(38)25-18-35(45(42,43)21-10-2-1-3-11-21)17-20-9-5-7-13-23(30(40)36(20)25)33-29(39)27-22-12-6-4-8-19(22)14-15-32-27/h1-8,10-12,14-15,20,23-25,31,41H,9,13,16-18H2,(H,33,39)(H,34,38)/b7-5-/t20-,23-,24?,25-,31?/m0/s1. The number of carbonyl (C=O) groups excluding carboxylic acids is 4. The van der Waals surface area contributed by atoms with E-state index in [1.165, 1.54) is 23.2 Å². The molecule has 0 aliphatic carbocycles. The number of amides is 3. The van der Waals surface area contributed by atoms with Gasteiger partial charge in [0.05, 0.1) is 11.3 Å². The van der Waals surface area contributed by atoms with Crippen LogP contribution in [0.5, 0.6) is 0 Å². The lowest BCUT2D eigenvalue weighted by molar-refractivity contribution is -0.156. The first kappa shape index (κ1) is 30.4. The van der Waals surface area contributed by atoms with Crippen LogP contribution in [0.2, 0.25) is 0 Å². The molecule has 2 unspecified atom stereocenters. The summed E-state index contributed by atoms with van der Waals surface area (Å²) < 4.78 is 33.3. The highest BCUT2D eigenvalue weighted by Crippen LogP contribution is 2.28. The number of hydrogen-bond acceptors (Lipinski definition) is 9. The van der Waals surface area contributed by atoms with Crippen molar-refractivity contribution in [3.63, 3.8) is 0 Å². The van der Waals surface area contributed by atoms with Gasteiger partial charge in [-0.15, -0.1) is 0 Å². The van der Waals surface area contributed by atoms with Crippen molar-refractivity contribution in [2.24, 2.45) is 0 Å². The molecule has 13 nitrogen and oxygen atoms in total. The molecule has 3 amide bonds. The number of hydrogen-bond donors (Lipinski definition) is 3. The summed E-state index contributed by atoms with van der Waals surface area (Å²) in [7, 11) is -4.07. The number of aromatic nitrogens is 1. The molecule has 3 aliphatic rings. The van der Waals surface area contributed by atoms with Gasteiger partial charge < -0.3 is 25.4 Å². The molecule has 0 saturated carbocycles. The molecule has 2 saturated heterocycles. The van der Waals surface area contributed by atoms with Crippen LogP contribution in [-0.2, 0) is 29.1 Å². The fraction of sp³-hybridized carbons (Fsp3) is 0.323. The molecule has 0 bridgehead atoms. The van der Waals surface area contributed by atoms with Gasteiger partial charge in [-0.2, -0.15) is 4.31 Å². The van der Waals surface area contributed by atoms with Crippen molar-refractivity contribution in [3.8, 4) is 0 Å². The predicted molar refractivity (Wildman–Crippen MR) is 160 cm³/mol. The summed E-state index contributed by atoms with van der Waals surface area (Å²) in [5.41, 5.74) is 0.136. The quantitative estimate of drug-likeness (QED) is 0.261. The predicted octanol–water partition coefficient (Wildman–Crippen LogP) is 0.704. The highest BCUT2D eigenvalue weighted by Gasteiger charge is 2.48. The molecule has 3 aliphatic heterocycles. The summed E-state index contributed by atoms with van der Waals surface area (Å²) in [6, 6.07) is 12.5.